The first-order valence-corrected chi connectivity index (χ1v) is 5.22. The van der Waals surface area contributed by atoms with Gasteiger partial charge in [-0.3, -0.25) is 4.79 Å². The number of amides is 1. The zero-order chi connectivity index (χ0) is 11.3. The van der Waals surface area contributed by atoms with Gasteiger partial charge in [0.05, 0.1) is 12.1 Å². The van der Waals surface area contributed by atoms with E-state index in [1.165, 1.54) is 0 Å². The SMILES string of the molecule is N/C(CC(=O)Nc1ccccc1I)=N\O. The molecule has 5 nitrogen and oxygen atoms in total. The molecule has 0 radical (unpaired) electrons. The van der Waals surface area contributed by atoms with E-state index in [-0.39, 0.29) is 18.2 Å². The Morgan fingerprint density at radius 1 is 1.53 bits per heavy atom. The Balaban J connectivity index is 2.63. The highest BCUT2D eigenvalue weighted by Crippen LogP contribution is 2.16. The molecule has 1 aromatic carbocycles. The summed E-state index contributed by atoms with van der Waals surface area (Å²) >= 11 is 2.11. The molecule has 0 spiro atoms. The fraction of sp³-hybridized carbons (Fsp3) is 0.111. The smallest absolute Gasteiger partial charge is 0.232 e. The Morgan fingerprint density at radius 2 is 2.20 bits per heavy atom. The first kappa shape index (κ1) is 11.8. The van der Waals surface area contributed by atoms with Crippen LogP contribution in [0.2, 0.25) is 0 Å². The van der Waals surface area contributed by atoms with Crippen LogP contribution < -0.4 is 11.1 Å². The molecule has 0 unspecified atom stereocenters. The molecule has 0 aliphatic carbocycles. The maximum absolute atomic E-state index is 11.3. The molecular weight excluding hydrogens is 309 g/mol. The standard InChI is InChI=1S/C9H10IN3O2/c10-6-3-1-2-4-7(6)12-9(14)5-8(11)13-15/h1-4,15H,5H2,(H2,11,13)(H,12,14). The number of hydrogen-bond acceptors (Lipinski definition) is 3. The lowest BCUT2D eigenvalue weighted by molar-refractivity contribution is -0.115. The van der Waals surface area contributed by atoms with Crippen molar-refractivity contribution in [2.45, 2.75) is 6.42 Å². The van der Waals surface area contributed by atoms with Gasteiger partial charge in [-0.05, 0) is 34.7 Å². The predicted molar refractivity (Wildman–Crippen MR) is 65.8 cm³/mol. The van der Waals surface area contributed by atoms with Crippen molar-refractivity contribution in [1.29, 1.82) is 0 Å². The lowest BCUT2D eigenvalue weighted by Crippen LogP contribution is -2.22. The number of amidine groups is 1. The van der Waals surface area contributed by atoms with E-state index in [1.54, 1.807) is 6.07 Å². The number of nitrogens with two attached hydrogens (primary N) is 1. The van der Waals surface area contributed by atoms with Gasteiger partial charge in [-0.1, -0.05) is 17.3 Å². The quantitative estimate of drug-likeness (QED) is 0.258. The van der Waals surface area contributed by atoms with Crippen LogP contribution >= 0.6 is 22.6 Å². The third kappa shape index (κ3) is 3.74. The van der Waals surface area contributed by atoms with Gasteiger partial charge in [-0.25, -0.2) is 0 Å². The van der Waals surface area contributed by atoms with Crippen molar-refractivity contribution in [2.24, 2.45) is 10.9 Å². The van der Waals surface area contributed by atoms with Crippen LogP contribution in [-0.4, -0.2) is 17.0 Å². The van der Waals surface area contributed by atoms with Crippen molar-refractivity contribution in [1.82, 2.24) is 0 Å². The molecule has 0 heterocycles. The van der Waals surface area contributed by atoms with Gasteiger partial charge in [0.2, 0.25) is 5.91 Å². The summed E-state index contributed by atoms with van der Waals surface area (Å²) in [5.41, 5.74) is 5.92. The molecule has 6 heteroatoms. The van der Waals surface area contributed by atoms with E-state index in [9.17, 15) is 4.79 Å². The van der Waals surface area contributed by atoms with Crippen molar-refractivity contribution in [2.75, 3.05) is 5.32 Å². The molecule has 0 aliphatic rings. The zero-order valence-corrected chi connectivity index (χ0v) is 9.93. The second-order valence-corrected chi connectivity index (χ2v) is 3.96. The minimum absolute atomic E-state index is 0.113. The Bertz CT molecular complexity index is 393. The summed E-state index contributed by atoms with van der Waals surface area (Å²) in [6.45, 7) is 0. The van der Waals surface area contributed by atoms with Crippen LogP contribution in [0.25, 0.3) is 0 Å². The number of carbonyl (C=O) groups is 1. The first-order chi connectivity index (χ1) is 7.13. The molecule has 1 amide bonds. The molecule has 0 bridgehead atoms. The lowest BCUT2D eigenvalue weighted by atomic mass is 10.3. The minimum atomic E-state index is -0.311. The number of hydrogen-bond donors (Lipinski definition) is 3. The summed E-state index contributed by atoms with van der Waals surface area (Å²) in [5, 5.41) is 13.7. The highest BCUT2D eigenvalue weighted by molar-refractivity contribution is 14.1. The van der Waals surface area contributed by atoms with E-state index in [4.69, 9.17) is 10.9 Å². The topological polar surface area (TPSA) is 87.7 Å². The zero-order valence-electron chi connectivity index (χ0n) is 7.77. The average Bonchev–Trinajstić information content (AvgIpc) is 2.21. The van der Waals surface area contributed by atoms with E-state index in [0.29, 0.717) is 5.69 Å². The minimum Gasteiger partial charge on any atom is -0.409 e. The molecule has 0 saturated carbocycles. The van der Waals surface area contributed by atoms with Crippen molar-refractivity contribution >= 4 is 40.0 Å². The molecule has 1 rings (SSSR count). The number of carbonyl (C=O) groups excluding carboxylic acids is 1. The number of para-hydroxylation sites is 1. The fourth-order valence-electron chi connectivity index (χ4n) is 0.957. The lowest BCUT2D eigenvalue weighted by Gasteiger charge is -2.05. The van der Waals surface area contributed by atoms with Gasteiger partial charge in [-0.2, -0.15) is 0 Å². The van der Waals surface area contributed by atoms with Crippen molar-refractivity contribution in [3.05, 3.63) is 27.8 Å². The van der Waals surface area contributed by atoms with E-state index in [0.717, 1.165) is 3.57 Å². The van der Waals surface area contributed by atoms with Gasteiger partial charge >= 0.3 is 0 Å². The number of benzene rings is 1. The Labute approximate surface area is 100 Å². The average molecular weight is 319 g/mol. The van der Waals surface area contributed by atoms with Crippen LogP contribution in [0.15, 0.2) is 29.4 Å². The summed E-state index contributed by atoms with van der Waals surface area (Å²) in [4.78, 5) is 11.3. The maximum atomic E-state index is 11.3. The third-order valence-corrected chi connectivity index (χ3v) is 2.56. The van der Waals surface area contributed by atoms with Crippen LogP contribution in [0, 0.1) is 3.57 Å². The number of nitrogens with one attached hydrogen (secondary N) is 1. The second-order valence-electron chi connectivity index (χ2n) is 2.80. The molecule has 0 atom stereocenters. The Morgan fingerprint density at radius 3 is 2.80 bits per heavy atom. The Kier molecular flexibility index (Phi) is 4.35. The van der Waals surface area contributed by atoms with E-state index >= 15 is 0 Å². The molecule has 4 N–H and O–H groups in total. The predicted octanol–water partition coefficient (Wildman–Crippen LogP) is 1.37. The molecule has 0 fully saturated rings. The number of nitrogens with zero attached hydrogens (tertiary/aromatic N) is 1. The molecule has 80 valence electrons. The highest BCUT2D eigenvalue weighted by Gasteiger charge is 2.06. The highest BCUT2D eigenvalue weighted by atomic mass is 127. The van der Waals surface area contributed by atoms with Crippen LogP contribution in [0.1, 0.15) is 6.42 Å². The van der Waals surface area contributed by atoms with E-state index in [2.05, 4.69) is 33.1 Å². The van der Waals surface area contributed by atoms with Crippen molar-refractivity contribution in [3.8, 4) is 0 Å². The molecule has 0 saturated heterocycles. The summed E-state index contributed by atoms with van der Waals surface area (Å²) in [6, 6.07) is 7.36. The van der Waals surface area contributed by atoms with Crippen LogP contribution in [-0.2, 0) is 4.79 Å². The number of oxime groups is 1. The first-order valence-electron chi connectivity index (χ1n) is 4.14. The molecule has 0 aliphatic heterocycles. The van der Waals surface area contributed by atoms with Gasteiger partial charge in [0.1, 0.15) is 5.84 Å². The van der Waals surface area contributed by atoms with Gasteiger partial charge in [0.25, 0.3) is 0 Å². The summed E-state index contributed by atoms with van der Waals surface area (Å²) in [7, 11) is 0. The molecule has 1 aromatic rings. The van der Waals surface area contributed by atoms with Gasteiger partial charge in [0, 0.05) is 3.57 Å². The second kappa shape index (κ2) is 5.54. The van der Waals surface area contributed by atoms with Crippen LogP contribution in [0.4, 0.5) is 5.69 Å². The molecule has 0 aromatic heterocycles. The Hall–Kier alpha value is -1.31. The van der Waals surface area contributed by atoms with Gasteiger partial charge in [0.15, 0.2) is 0 Å². The third-order valence-electron chi connectivity index (χ3n) is 1.62. The van der Waals surface area contributed by atoms with Crippen LogP contribution in [0.3, 0.4) is 0 Å². The largest absolute Gasteiger partial charge is 0.409 e. The maximum Gasteiger partial charge on any atom is 0.232 e. The van der Waals surface area contributed by atoms with E-state index < -0.39 is 0 Å². The van der Waals surface area contributed by atoms with E-state index in [1.807, 2.05) is 18.2 Å². The van der Waals surface area contributed by atoms with Crippen LogP contribution in [0.5, 0.6) is 0 Å². The molecule has 15 heavy (non-hydrogen) atoms. The number of rotatable bonds is 3. The van der Waals surface area contributed by atoms with Gasteiger partial charge < -0.3 is 16.3 Å². The van der Waals surface area contributed by atoms with Gasteiger partial charge in [-0.15, -0.1) is 0 Å². The summed E-state index contributed by atoms with van der Waals surface area (Å²) in [5.74, 6) is -0.423. The number of anilines is 1. The monoisotopic (exact) mass is 319 g/mol. The number of halogens is 1. The normalized spacial score (nSPS) is 11.1. The summed E-state index contributed by atoms with van der Waals surface area (Å²) in [6.07, 6.45) is -0.124. The molecular formula is C9H10IN3O2. The summed E-state index contributed by atoms with van der Waals surface area (Å²) < 4.78 is 0.933. The van der Waals surface area contributed by atoms with Crippen molar-refractivity contribution in [3.63, 3.8) is 0 Å². The fourth-order valence-corrected chi connectivity index (χ4v) is 1.48. The van der Waals surface area contributed by atoms with Crippen molar-refractivity contribution < 1.29 is 10.0 Å².